The van der Waals surface area contributed by atoms with Gasteiger partial charge in [-0.2, -0.15) is 0 Å². The second-order valence-electron chi connectivity index (χ2n) is 6.55. The maximum Gasteiger partial charge on any atom is 0.415 e. The first kappa shape index (κ1) is 17.8. The van der Waals surface area contributed by atoms with Gasteiger partial charge in [-0.1, -0.05) is 36.4 Å². The summed E-state index contributed by atoms with van der Waals surface area (Å²) in [5.41, 5.74) is -0.0595. The number of fused-ring (bicyclic) bond motifs is 1. The summed E-state index contributed by atoms with van der Waals surface area (Å²) >= 11 is 0. The molecule has 24 heavy (non-hydrogen) atoms. The van der Waals surface area contributed by atoms with Crippen LogP contribution in [0.3, 0.4) is 0 Å². The molecular formula is C19H23NO4. The van der Waals surface area contributed by atoms with Crippen LogP contribution in [0.4, 0.5) is 10.5 Å². The van der Waals surface area contributed by atoms with Crippen molar-refractivity contribution in [3.05, 3.63) is 42.5 Å². The Hall–Kier alpha value is -2.56. The fourth-order valence-electron chi connectivity index (χ4n) is 2.47. The predicted molar refractivity (Wildman–Crippen MR) is 94.1 cm³/mol. The Balaban J connectivity index is 2.56. The third-order valence-corrected chi connectivity index (χ3v) is 3.55. The number of ether oxygens (including phenoxy) is 2. The molecule has 0 aliphatic carbocycles. The fourth-order valence-corrected chi connectivity index (χ4v) is 2.47. The molecule has 0 radical (unpaired) electrons. The van der Waals surface area contributed by atoms with E-state index in [1.54, 1.807) is 33.8 Å². The van der Waals surface area contributed by atoms with E-state index in [2.05, 4.69) is 0 Å². The number of benzene rings is 2. The highest BCUT2D eigenvalue weighted by molar-refractivity contribution is 6.04. The molecule has 0 bridgehead atoms. The first-order valence-corrected chi connectivity index (χ1v) is 7.82. The Labute approximate surface area is 142 Å². The number of esters is 1. The molecule has 0 aliphatic rings. The zero-order chi connectivity index (χ0) is 17.9. The highest BCUT2D eigenvalue weighted by Gasteiger charge is 2.32. The van der Waals surface area contributed by atoms with Gasteiger partial charge in [0.05, 0.1) is 12.8 Å². The molecule has 2 aromatic carbocycles. The largest absolute Gasteiger partial charge is 0.467 e. The Morgan fingerprint density at radius 1 is 1.04 bits per heavy atom. The average molecular weight is 329 g/mol. The molecule has 5 nitrogen and oxygen atoms in total. The average Bonchev–Trinajstić information content (AvgIpc) is 2.52. The number of methoxy groups -OCH3 is 1. The van der Waals surface area contributed by atoms with Crippen molar-refractivity contribution < 1.29 is 19.1 Å². The predicted octanol–water partition coefficient (Wildman–Crippen LogP) is 4.14. The molecular weight excluding hydrogens is 306 g/mol. The van der Waals surface area contributed by atoms with Gasteiger partial charge in [-0.15, -0.1) is 0 Å². The molecule has 0 aromatic heterocycles. The lowest BCUT2D eigenvalue weighted by molar-refractivity contribution is -0.141. The van der Waals surface area contributed by atoms with E-state index >= 15 is 0 Å². The lowest BCUT2D eigenvalue weighted by Gasteiger charge is -2.31. The molecule has 0 fully saturated rings. The van der Waals surface area contributed by atoms with Crippen LogP contribution >= 0.6 is 0 Å². The van der Waals surface area contributed by atoms with Crippen LogP contribution in [-0.2, 0) is 14.3 Å². The number of hydrogen-bond donors (Lipinski definition) is 0. The molecule has 2 rings (SSSR count). The van der Waals surface area contributed by atoms with Gasteiger partial charge in [-0.25, -0.2) is 9.59 Å². The van der Waals surface area contributed by atoms with Gasteiger partial charge >= 0.3 is 12.1 Å². The van der Waals surface area contributed by atoms with Gasteiger partial charge < -0.3 is 9.47 Å². The van der Waals surface area contributed by atoms with Crippen LogP contribution < -0.4 is 4.90 Å². The fraction of sp³-hybridized carbons (Fsp3) is 0.368. The normalized spacial score (nSPS) is 12.5. The lowest BCUT2D eigenvalue weighted by Crippen LogP contribution is -2.46. The van der Waals surface area contributed by atoms with Gasteiger partial charge in [0, 0.05) is 5.39 Å². The van der Waals surface area contributed by atoms with E-state index < -0.39 is 23.7 Å². The van der Waals surface area contributed by atoms with Gasteiger partial charge in [0.15, 0.2) is 0 Å². The highest BCUT2D eigenvalue weighted by Crippen LogP contribution is 2.29. The number of amides is 1. The van der Waals surface area contributed by atoms with Crippen molar-refractivity contribution in [1.82, 2.24) is 0 Å². The van der Waals surface area contributed by atoms with E-state index in [-0.39, 0.29) is 0 Å². The Bertz CT molecular complexity index is 743. The minimum atomic E-state index is -0.810. The van der Waals surface area contributed by atoms with Crippen LogP contribution in [0.5, 0.6) is 0 Å². The summed E-state index contributed by atoms with van der Waals surface area (Å²) < 4.78 is 10.3. The van der Waals surface area contributed by atoms with Crippen molar-refractivity contribution in [1.29, 1.82) is 0 Å². The monoisotopic (exact) mass is 329 g/mol. The number of anilines is 1. The minimum absolute atomic E-state index is 0.506. The van der Waals surface area contributed by atoms with Crippen LogP contribution in [0, 0.1) is 0 Å². The van der Waals surface area contributed by atoms with E-state index in [1.807, 2.05) is 36.4 Å². The molecule has 0 N–H and O–H groups in total. The SMILES string of the molecule is COC(=O)[C@H](C)N(C(=O)OC(C)(C)C)c1cccc2ccccc12. The molecule has 1 atom stereocenters. The smallest absolute Gasteiger partial charge is 0.415 e. The zero-order valence-corrected chi connectivity index (χ0v) is 14.7. The van der Waals surface area contributed by atoms with Crippen molar-refractivity contribution in [2.24, 2.45) is 0 Å². The Morgan fingerprint density at radius 2 is 1.67 bits per heavy atom. The van der Waals surface area contributed by atoms with E-state index in [0.29, 0.717) is 5.69 Å². The molecule has 5 heteroatoms. The van der Waals surface area contributed by atoms with E-state index in [0.717, 1.165) is 10.8 Å². The summed E-state index contributed by atoms with van der Waals surface area (Å²) in [5, 5.41) is 1.84. The van der Waals surface area contributed by atoms with E-state index in [4.69, 9.17) is 9.47 Å². The Morgan fingerprint density at radius 3 is 2.29 bits per heavy atom. The molecule has 128 valence electrons. The maximum absolute atomic E-state index is 12.8. The third kappa shape index (κ3) is 3.85. The van der Waals surface area contributed by atoms with Crippen molar-refractivity contribution in [3.63, 3.8) is 0 Å². The summed E-state index contributed by atoms with van der Waals surface area (Å²) in [6, 6.07) is 12.5. The zero-order valence-electron chi connectivity index (χ0n) is 14.7. The van der Waals surface area contributed by atoms with Crippen LogP contribution in [0.15, 0.2) is 42.5 Å². The quantitative estimate of drug-likeness (QED) is 0.794. The number of carbonyl (C=O) groups excluding carboxylic acids is 2. The third-order valence-electron chi connectivity index (χ3n) is 3.55. The van der Waals surface area contributed by atoms with Crippen LogP contribution in [-0.4, -0.2) is 30.8 Å². The minimum Gasteiger partial charge on any atom is -0.467 e. The van der Waals surface area contributed by atoms with Crippen molar-refractivity contribution >= 4 is 28.5 Å². The molecule has 0 aliphatic heterocycles. The lowest BCUT2D eigenvalue weighted by atomic mass is 10.1. The molecule has 1 amide bonds. The van der Waals surface area contributed by atoms with Gasteiger partial charge in [0.1, 0.15) is 11.6 Å². The molecule has 0 saturated heterocycles. The second-order valence-corrected chi connectivity index (χ2v) is 6.55. The van der Waals surface area contributed by atoms with E-state index in [9.17, 15) is 9.59 Å². The van der Waals surface area contributed by atoms with Gasteiger partial charge in [0.25, 0.3) is 0 Å². The topological polar surface area (TPSA) is 55.8 Å². The number of carbonyl (C=O) groups is 2. The Kier molecular flexibility index (Phi) is 5.12. The number of rotatable bonds is 3. The summed E-state index contributed by atoms with van der Waals surface area (Å²) in [6.45, 7) is 6.98. The van der Waals surface area contributed by atoms with Crippen LogP contribution in [0.1, 0.15) is 27.7 Å². The highest BCUT2D eigenvalue weighted by atomic mass is 16.6. The van der Waals surface area contributed by atoms with Gasteiger partial charge in [-0.05, 0) is 39.1 Å². The van der Waals surface area contributed by atoms with Gasteiger partial charge in [0.2, 0.25) is 0 Å². The van der Waals surface area contributed by atoms with Gasteiger partial charge in [-0.3, -0.25) is 4.90 Å². The van der Waals surface area contributed by atoms with Crippen LogP contribution in [0.25, 0.3) is 10.8 Å². The number of nitrogens with zero attached hydrogens (tertiary/aromatic N) is 1. The molecule has 0 unspecified atom stereocenters. The summed E-state index contributed by atoms with van der Waals surface area (Å²) in [6.07, 6.45) is -0.586. The summed E-state index contributed by atoms with van der Waals surface area (Å²) in [7, 11) is 1.30. The standard InChI is InChI=1S/C19H23NO4/c1-13(17(21)23-5)20(18(22)24-19(2,3)4)16-12-8-10-14-9-6-7-11-15(14)16/h6-13H,1-5H3/t13-/m0/s1. The summed E-state index contributed by atoms with van der Waals surface area (Å²) in [4.78, 5) is 26.2. The maximum atomic E-state index is 12.8. The van der Waals surface area contributed by atoms with Crippen molar-refractivity contribution in [2.75, 3.05) is 12.0 Å². The molecule has 0 heterocycles. The first-order valence-electron chi connectivity index (χ1n) is 7.82. The van der Waals surface area contributed by atoms with Crippen LogP contribution in [0.2, 0.25) is 0 Å². The molecule has 0 saturated carbocycles. The second kappa shape index (κ2) is 6.91. The van der Waals surface area contributed by atoms with Crippen molar-refractivity contribution in [2.45, 2.75) is 39.3 Å². The van der Waals surface area contributed by atoms with E-state index in [1.165, 1.54) is 12.0 Å². The number of hydrogen-bond acceptors (Lipinski definition) is 4. The van der Waals surface area contributed by atoms with Crippen molar-refractivity contribution in [3.8, 4) is 0 Å². The molecule has 0 spiro atoms. The first-order chi connectivity index (χ1) is 11.2. The molecule has 2 aromatic rings. The summed E-state index contributed by atoms with van der Waals surface area (Å²) in [5.74, 6) is -0.506.